The van der Waals surface area contributed by atoms with Crippen molar-refractivity contribution < 1.29 is 86.6 Å². The van der Waals surface area contributed by atoms with Crippen LogP contribution in [0.4, 0.5) is 0 Å². The number of nitrogens with zero attached hydrogens (tertiary/aromatic N) is 3. The number of hydrogen-bond acceptors (Lipinski definition) is 21. The number of ether oxygens (including phenoxy) is 11. The highest BCUT2D eigenvalue weighted by Gasteiger charge is 2.54. The first-order valence-corrected chi connectivity index (χ1v) is 30.0. The highest BCUT2D eigenvalue weighted by molar-refractivity contribution is 14.1. The number of aliphatic hydroxyl groups excluding tert-OH is 1. The minimum absolute atomic E-state index is 0.00931. The van der Waals surface area contributed by atoms with Gasteiger partial charge in [-0.2, -0.15) is 0 Å². The third-order valence-electron chi connectivity index (χ3n) is 16.6. The van der Waals surface area contributed by atoms with E-state index in [1.165, 1.54) is 33.4 Å². The fourth-order valence-electron chi connectivity index (χ4n) is 11.9. The fraction of sp³-hybridized carbons (Fsp3) is 0.776. The molecule has 4 aliphatic rings. The zero-order valence-electron chi connectivity index (χ0n) is 50.2. The average Bonchev–Trinajstić information content (AvgIpc) is 3.71. The number of cyclic esters (lactones) is 1. The molecule has 4 heterocycles. The number of rotatable bonds is 19. The lowest BCUT2D eigenvalue weighted by Gasteiger charge is -2.49. The summed E-state index contributed by atoms with van der Waals surface area (Å²) >= 11 is 8.54. The van der Waals surface area contributed by atoms with Crippen molar-refractivity contribution >= 4 is 68.8 Å². The Labute approximate surface area is 500 Å². The van der Waals surface area contributed by atoms with Gasteiger partial charge in [0.05, 0.1) is 71.5 Å². The average molecular weight is 1290 g/mol. The van der Waals surface area contributed by atoms with E-state index in [0.29, 0.717) is 18.5 Å². The van der Waals surface area contributed by atoms with Gasteiger partial charge < -0.3 is 81.8 Å². The topological polar surface area (TPSA) is 259 Å². The van der Waals surface area contributed by atoms with E-state index in [0.717, 1.165) is 12.8 Å². The molecule has 18 atom stereocenters. The lowest BCUT2D eigenvalue weighted by Crippen LogP contribution is -2.61. The van der Waals surface area contributed by atoms with E-state index in [9.17, 15) is 39.3 Å². The van der Waals surface area contributed by atoms with Crippen LogP contribution in [0.15, 0.2) is 23.1 Å². The molecule has 464 valence electrons. The molecule has 24 heteroatoms. The van der Waals surface area contributed by atoms with Gasteiger partial charge in [-0.05, 0) is 143 Å². The van der Waals surface area contributed by atoms with Gasteiger partial charge in [0.15, 0.2) is 28.6 Å². The van der Waals surface area contributed by atoms with E-state index in [2.05, 4.69) is 0 Å². The van der Waals surface area contributed by atoms with E-state index >= 15 is 0 Å². The third-order valence-corrected chi connectivity index (χ3v) is 18.4. The molecule has 3 N–H and O–H groups in total. The SMILES string of the molecule is CO[C@@H]1[C@@H](C)N(C)C[C@H](C)C[C@@](C)(O)[C@H](O[C@@H]2O[C@H](C)C[C@H](N(C)C)[C@@H]2O)[C@@H](C)[C@H](OC2CC(C)(OC)[C@H](OC(=O)CCOCCOc3cc4c(=O)c(C(=O)OCC(C)=O)cn(C5CC5)c4cc3Cl)[C@H](C)O2)[C@@H](C)C(=O)O[C@H](I)[C@@]1(C)O. The Balaban J connectivity index is 1.16. The molecule has 2 aromatic rings. The van der Waals surface area contributed by atoms with Crippen LogP contribution in [0.3, 0.4) is 0 Å². The van der Waals surface area contributed by atoms with Gasteiger partial charge in [-0.15, -0.1) is 0 Å². The maximum atomic E-state index is 14.6. The van der Waals surface area contributed by atoms with Crippen LogP contribution in [0, 0.1) is 17.8 Å². The standard InChI is InChI=1S/C58H89ClIN3O19/c1-30-25-56(8,70)49(81-54-47(67)42(61(11)12)22-32(3)77-54)33(4)48(34(5)52(68)82-55(60)58(10,71)50(72-14)35(6)62(13)27-30)80-45-26-57(9,73-15)51(36(7)78-45)79-44(65)18-19-74-20-21-75-43-23-38-41(24-40(43)59)63(37-16-17-37)28-39(46(38)66)53(69)76-29-31(2)64/h23-24,28,30,32-37,42,45,47-51,54-55,67,70-71H,16-22,25-27,29H2,1-15H3/t30-,32-,33+,34-,35-,36+,42+,45?,47+,48+,49-,50-,51-,54+,55+,56-,57?,58+/m1/s1. The molecule has 1 aliphatic carbocycles. The molecule has 1 aromatic heterocycles. The van der Waals surface area contributed by atoms with Crippen LogP contribution >= 0.6 is 34.2 Å². The van der Waals surface area contributed by atoms with Crippen LogP contribution in [0.5, 0.6) is 5.75 Å². The minimum atomic E-state index is -1.67. The molecule has 0 spiro atoms. The molecular formula is C58H89ClIN3O19. The Morgan fingerprint density at radius 3 is 2.23 bits per heavy atom. The molecule has 3 saturated heterocycles. The Hall–Kier alpha value is -3.15. The quantitative estimate of drug-likeness (QED) is 0.0507. The second-order valence-corrected chi connectivity index (χ2v) is 25.6. The second-order valence-electron chi connectivity index (χ2n) is 24.1. The number of Topliss-reactive ketones (excluding diaryl/α,β-unsaturated/α-hetero) is 1. The molecule has 82 heavy (non-hydrogen) atoms. The molecule has 1 aromatic carbocycles. The van der Waals surface area contributed by atoms with E-state index in [1.54, 1.807) is 47.6 Å². The van der Waals surface area contributed by atoms with E-state index in [-0.39, 0.29) is 96.7 Å². The number of hydrogen-bond donors (Lipinski definition) is 3. The largest absolute Gasteiger partial charge is 0.490 e. The number of esters is 3. The van der Waals surface area contributed by atoms with Crippen molar-refractivity contribution in [3.63, 3.8) is 0 Å². The van der Waals surface area contributed by atoms with E-state index in [1.807, 2.05) is 78.9 Å². The Kier molecular flexibility index (Phi) is 23.7. The fourth-order valence-corrected chi connectivity index (χ4v) is 12.8. The summed E-state index contributed by atoms with van der Waals surface area (Å²) < 4.78 is 68.2. The minimum Gasteiger partial charge on any atom is -0.490 e. The lowest BCUT2D eigenvalue weighted by molar-refractivity contribution is -0.318. The van der Waals surface area contributed by atoms with Gasteiger partial charge in [0.25, 0.3) is 0 Å². The molecule has 4 fully saturated rings. The summed E-state index contributed by atoms with van der Waals surface area (Å²) in [6, 6.07) is 2.44. The number of carbonyl (C=O) groups excluding carboxylic acids is 4. The summed E-state index contributed by atoms with van der Waals surface area (Å²) in [5, 5.41) is 37.1. The maximum absolute atomic E-state index is 14.6. The molecule has 2 unspecified atom stereocenters. The molecule has 0 radical (unpaired) electrons. The normalized spacial score (nSPS) is 36.5. The number of ketones is 1. The summed E-state index contributed by atoms with van der Waals surface area (Å²) in [6.07, 6.45) is -4.76. The molecule has 0 bridgehead atoms. The van der Waals surface area contributed by atoms with E-state index in [4.69, 9.17) is 63.7 Å². The summed E-state index contributed by atoms with van der Waals surface area (Å²) in [5.41, 5.74) is -4.77. The van der Waals surface area contributed by atoms with Crippen molar-refractivity contribution in [3.05, 3.63) is 39.1 Å². The summed E-state index contributed by atoms with van der Waals surface area (Å²) in [6.45, 7) is 17.2. The van der Waals surface area contributed by atoms with Gasteiger partial charge in [0.2, 0.25) is 5.43 Å². The van der Waals surface area contributed by atoms with Crippen molar-refractivity contribution in [2.75, 3.05) is 68.3 Å². The maximum Gasteiger partial charge on any atom is 0.344 e. The van der Waals surface area contributed by atoms with Crippen LogP contribution in [-0.4, -0.2) is 210 Å². The number of pyridine rings is 1. The number of carbonyl (C=O) groups is 4. The number of likely N-dealkylation sites (N-methyl/N-ethyl adjacent to an activating group) is 2. The zero-order chi connectivity index (χ0) is 60.9. The number of fused-ring (bicyclic) bond motifs is 1. The van der Waals surface area contributed by atoms with E-state index < -0.39 is 112 Å². The highest BCUT2D eigenvalue weighted by atomic mass is 127. The Morgan fingerprint density at radius 1 is 0.927 bits per heavy atom. The van der Waals surface area contributed by atoms with Crippen LogP contribution in [0.2, 0.25) is 5.02 Å². The van der Waals surface area contributed by atoms with Crippen molar-refractivity contribution in [2.24, 2.45) is 17.8 Å². The van der Waals surface area contributed by atoms with Gasteiger partial charge in [0.1, 0.15) is 47.9 Å². The summed E-state index contributed by atoms with van der Waals surface area (Å²) in [7, 11) is 8.63. The monoisotopic (exact) mass is 1290 g/mol. The second kappa shape index (κ2) is 28.6. The number of methoxy groups -OCH3 is 2. The van der Waals surface area contributed by atoms with Crippen LogP contribution in [0.1, 0.15) is 124 Å². The predicted molar refractivity (Wildman–Crippen MR) is 310 cm³/mol. The van der Waals surface area contributed by atoms with Gasteiger partial charge in [-0.3, -0.25) is 19.2 Å². The lowest BCUT2D eigenvalue weighted by atomic mass is 9.77. The first kappa shape index (κ1) is 68.0. The summed E-state index contributed by atoms with van der Waals surface area (Å²) in [4.78, 5) is 69.9. The van der Waals surface area contributed by atoms with Crippen molar-refractivity contribution in [1.29, 1.82) is 0 Å². The van der Waals surface area contributed by atoms with Crippen molar-refractivity contribution in [3.8, 4) is 5.75 Å². The highest BCUT2D eigenvalue weighted by Crippen LogP contribution is 2.42. The van der Waals surface area contributed by atoms with Crippen molar-refractivity contribution in [2.45, 2.75) is 202 Å². The number of alkyl halides is 1. The zero-order valence-corrected chi connectivity index (χ0v) is 53.1. The first-order chi connectivity index (χ1) is 38.3. The van der Waals surface area contributed by atoms with Gasteiger partial charge in [0, 0.05) is 57.4 Å². The Bertz CT molecular complexity index is 2580. The number of aromatic nitrogens is 1. The molecule has 0 amide bonds. The smallest absolute Gasteiger partial charge is 0.344 e. The summed E-state index contributed by atoms with van der Waals surface area (Å²) in [5.74, 6) is -4.51. The van der Waals surface area contributed by atoms with Gasteiger partial charge in [-0.25, -0.2) is 4.79 Å². The molecule has 1 saturated carbocycles. The molecular weight excluding hydrogens is 1200 g/mol. The van der Waals surface area contributed by atoms with Gasteiger partial charge in [-0.1, -0.05) is 25.4 Å². The van der Waals surface area contributed by atoms with Crippen LogP contribution in [0.25, 0.3) is 10.9 Å². The number of halogens is 2. The Morgan fingerprint density at radius 2 is 1.61 bits per heavy atom. The molecule has 3 aliphatic heterocycles. The van der Waals surface area contributed by atoms with Crippen molar-refractivity contribution in [1.82, 2.24) is 14.4 Å². The molecule has 6 rings (SSSR count). The third kappa shape index (κ3) is 16.3. The van der Waals surface area contributed by atoms with Gasteiger partial charge >= 0.3 is 17.9 Å². The predicted octanol–water partition coefficient (Wildman–Crippen LogP) is 5.62. The van der Waals surface area contributed by atoms with Crippen LogP contribution < -0.4 is 10.2 Å². The van der Waals surface area contributed by atoms with Crippen LogP contribution in [-0.2, 0) is 61.8 Å². The number of aliphatic hydroxyl groups is 3. The first-order valence-electron chi connectivity index (χ1n) is 28.3. The molecule has 22 nitrogen and oxygen atoms in total. The number of benzene rings is 1.